The summed E-state index contributed by atoms with van der Waals surface area (Å²) in [6, 6.07) is 5.19. The van der Waals surface area contributed by atoms with Gasteiger partial charge < -0.3 is 19.5 Å². The summed E-state index contributed by atoms with van der Waals surface area (Å²) in [6.45, 7) is 6.90. The molecule has 0 aliphatic carbocycles. The number of allylic oxidation sites excluding steroid dienone is 1. The molecule has 1 aromatic heterocycles. The van der Waals surface area contributed by atoms with Gasteiger partial charge >= 0.3 is 5.97 Å². The van der Waals surface area contributed by atoms with Crippen LogP contribution in [-0.4, -0.2) is 41.1 Å². The molecular formula is C21H28N4O4. The van der Waals surface area contributed by atoms with Crippen LogP contribution in [0.2, 0.25) is 0 Å². The predicted molar refractivity (Wildman–Crippen MR) is 109 cm³/mol. The maximum atomic E-state index is 12.8. The van der Waals surface area contributed by atoms with Crippen LogP contribution in [0.4, 0.5) is 5.95 Å². The molecule has 0 saturated carbocycles. The summed E-state index contributed by atoms with van der Waals surface area (Å²) in [4.78, 5) is 17.1. The quantitative estimate of drug-likeness (QED) is 0.507. The fraction of sp³-hybridized carbons (Fsp3) is 0.476. The highest BCUT2D eigenvalue weighted by Gasteiger charge is 2.34. The molecular weight excluding hydrogens is 372 g/mol. The van der Waals surface area contributed by atoms with E-state index in [9.17, 15) is 4.79 Å². The van der Waals surface area contributed by atoms with E-state index in [0.29, 0.717) is 41.9 Å². The van der Waals surface area contributed by atoms with E-state index in [2.05, 4.69) is 22.3 Å². The van der Waals surface area contributed by atoms with Gasteiger partial charge in [0.15, 0.2) is 11.5 Å². The third-order valence-electron chi connectivity index (χ3n) is 4.71. The van der Waals surface area contributed by atoms with Crippen molar-refractivity contribution in [1.82, 2.24) is 14.8 Å². The number of hydrogen-bond donors (Lipinski definition) is 1. The lowest BCUT2D eigenvalue weighted by Gasteiger charge is -2.28. The summed E-state index contributed by atoms with van der Waals surface area (Å²) in [5, 5.41) is 7.46. The van der Waals surface area contributed by atoms with Gasteiger partial charge in [-0.2, -0.15) is 10.1 Å². The zero-order valence-corrected chi connectivity index (χ0v) is 17.4. The molecule has 0 bridgehead atoms. The molecule has 1 aromatic carbocycles. The molecule has 1 aliphatic heterocycles. The number of aromatic nitrogens is 3. The van der Waals surface area contributed by atoms with E-state index >= 15 is 0 Å². The van der Waals surface area contributed by atoms with Crippen molar-refractivity contribution in [1.29, 1.82) is 0 Å². The van der Waals surface area contributed by atoms with E-state index in [0.717, 1.165) is 24.8 Å². The first-order chi connectivity index (χ1) is 14.1. The molecule has 1 unspecified atom stereocenters. The minimum Gasteiger partial charge on any atom is -0.493 e. The third kappa shape index (κ3) is 4.36. The fourth-order valence-electron chi connectivity index (χ4n) is 3.24. The Balaban J connectivity index is 2.00. The number of carbonyl (C=O) groups is 1. The van der Waals surface area contributed by atoms with Gasteiger partial charge in [-0.1, -0.05) is 26.3 Å². The van der Waals surface area contributed by atoms with Crippen LogP contribution in [0.1, 0.15) is 51.6 Å². The number of esters is 1. The average molecular weight is 400 g/mol. The molecule has 1 atom stereocenters. The highest BCUT2D eigenvalue weighted by molar-refractivity contribution is 5.92. The van der Waals surface area contributed by atoms with Crippen molar-refractivity contribution < 1.29 is 19.0 Å². The smallest absolute Gasteiger partial charge is 0.338 e. The number of carbonyl (C=O) groups excluding carboxylic acids is 1. The van der Waals surface area contributed by atoms with Crippen molar-refractivity contribution in [3.8, 4) is 11.5 Å². The van der Waals surface area contributed by atoms with E-state index in [1.807, 2.05) is 32.0 Å². The highest BCUT2D eigenvalue weighted by Crippen LogP contribution is 2.38. The van der Waals surface area contributed by atoms with Crippen LogP contribution >= 0.6 is 0 Å². The Labute approximate surface area is 170 Å². The number of unbranched alkanes of at least 4 members (excludes halogenated alkanes) is 1. The van der Waals surface area contributed by atoms with Gasteiger partial charge in [0.05, 0.1) is 25.9 Å². The van der Waals surface area contributed by atoms with Crippen molar-refractivity contribution in [3.05, 3.63) is 41.4 Å². The maximum Gasteiger partial charge on any atom is 0.338 e. The van der Waals surface area contributed by atoms with Crippen LogP contribution in [0, 0.1) is 0 Å². The van der Waals surface area contributed by atoms with Crippen molar-refractivity contribution in [3.63, 3.8) is 0 Å². The standard InChI is InChI=1S/C21H28N4O4/c1-5-7-11-28-16-9-8-15(12-17(16)27-4)19-18(20(26)29-10-6-2)14(3)24-21-22-13-23-25(19)21/h8-9,12-13,19H,5-7,10-11H2,1-4H3,(H,22,23,24). The van der Waals surface area contributed by atoms with Gasteiger partial charge in [-0.05, 0) is 37.5 Å². The van der Waals surface area contributed by atoms with Crippen molar-refractivity contribution >= 4 is 11.9 Å². The molecule has 0 amide bonds. The molecule has 2 heterocycles. The first-order valence-electron chi connectivity index (χ1n) is 9.95. The van der Waals surface area contributed by atoms with Crippen molar-refractivity contribution in [2.75, 3.05) is 25.6 Å². The van der Waals surface area contributed by atoms with Gasteiger partial charge in [-0.15, -0.1) is 0 Å². The van der Waals surface area contributed by atoms with Crippen LogP contribution in [0.3, 0.4) is 0 Å². The SMILES string of the molecule is CCCCOc1ccc(C2C(C(=O)OCCC)=C(C)Nc3ncnn32)cc1OC. The van der Waals surface area contributed by atoms with E-state index < -0.39 is 6.04 Å². The van der Waals surface area contributed by atoms with E-state index in [4.69, 9.17) is 14.2 Å². The molecule has 3 rings (SSSR count). The van der Waals surface area contributed by atoms with Gasteiger partial charge in [0, 0.05) is 5.70 Å². The number of methoxy groups -OCH3 is 1. The van der Waals surface area contributed by atoms with E-state index in [1.54, 1.807) is 11.8 Å². The van der Waals surface area contributed by atoms with Gasteiger partial charge in [0.2, 0.25) is 5.95 Å². The Kier molecular flexibility index (Phi) is 6.74. The number of benzene rings is 1. The second-order valence-electron chi connectivity index (χ2n) is 6.84. The number of rotatable bonds is 9. The van der Waals surface area contributed by atoms with Crippen LogP contribution in [0.5, 0.6) is 11.5 Å². The molecule has 1 aliphatic rings. The normalized spacial score (nSPS) is 15.5. The minimum absolute atomic E-state index is 0.361. The second kappa shape index (κ2) is 9.45. The van der Waals surface area contributed by atoms with Crippen LogP contribution in [-0.2, 0) is 9.53 Å². The van der Waals surface area contributed by atoms with Gasteiger partial charge in [0.1, 0.15) is 12.4 Å². The number of ether oxygens (including phenoxy) is 3. The number of fused-ring (bicyclic) bond motifs is 1. The monoisotopic (exact) mass is 400 g/mol. The Bertz CT molecular complexity index is 891. The Hall–Kier alpha value is -3.03. The fourth-order valence-corrected chi connectivity index (χ4v) is 3.24. The number of anilines is 1. The topological polar surface area (TPSA) is 87.5 Å². The Morgan fingerprint density at radius 2 is 2.03 bits per heavy atom. The minimum atomic E-state index is -0.475. The Morgan fingerprint density at radius 3 is 2.76 bits per heavy atom. The number of nitrogens with zero attached hydrogens (tertiary/aromatic N) is 3. The lowest BCUT2D eigenvalue weighted by molar-refractivity contribution is -0.139. The molecule has 0 spiro atoms. The molecule has 0 radical (unpaired) electrons. The van der Waals surface area contributed by atoms with Crippen LogP contribution in [0.15, 0.2) is 35.8 Å². The summed E-state index contributed by atoms with van der Waals surface area (Å²) in [5.74, 6) is 1.48. The molecule has 8 nitrogen and oxygen atoms in total. The first-order valence-corrected chi connectivity index (χ1v) is 9.95. The van der Waals surface area contributed by atoms with E-state index in [1.165, 1.54) is 6.33 Å². The largest absolute Gasteiger partial charge is 0.493 e. The molecule has 2 aromatic rings. The van der Waals surface area contributed by atoms with Crippen molar-refractivity contribution in [2.45, 2.75) is 46.1 Å². The van der Waals surface area contributed by atoms with Gasteiger partial charge in [0.25, 0.3) is 0 Å². The first kappa shape index (κ1) is 20.7. The highest BCUT2D eigenvalue weighted by atomic mass is 16.5. The number of nitrogens with one attached hydrogen (secondary N) is 1. The third-order valence-corrected chi connectivity index (χ3v) is 4.71. The van der Waals surface area contributed by atoms with Crippen molar-refractivity contribution in [2.24, 2.45) is 0 Å². The van der Waals surface area contributed by atoms with Crippen LogP contribution < -0.4 is 14.8 Å². The second-order valence-corrected chi connectivity index (χ2v) is 6.84. The predicted octanol–water partition coefficient (Wildman–Crippen LogP) is 3.71. The number of hydrogen-bond acceptors (Lipinski definition) is 7. The summed E-state index contributed by atoms with van der Waals surface area (Å²) < 4.78 is 18.5. The summed E-state index contributed by atoms with van der Waals surface area (Å²) in [6.07, 6.45) is 4.24. The molecule has 156 valence electrons. The van der Waals surface area contributed by atoms with Gasteiger partial charge in [-0.25, -0.2) is 9.48 Å². The van der Waals surface area contributed by atoms with Gasteiger partial charge in [-0.3, -0.25) is 0 Å². The summed E-state index contributed by atoms with van der Waals surface area (Å²) >= 11 is 0. The molecule has 1 N–H and O–H groups in total. The molecule has 29 heavy (non-hydrogen) atoms. The zero-order chi connectivity index (χ0) is 20.8. The Morgan fingerprint density at radius 1 is 1.21 bits per heavy atom. The van der Waals surface area contributed by atoms with Crippen LogP contribution in [0.25, 0.3) is 0 Å². The molecule has 0 saturated heterocycles. The molecule has 0 fully saturated rings. The lowest BCUT2D eigenvalue weighted by atomic mass is 9.95. The van der Waals surface area contributed by atoms with E-state index in [-0.39, 0.29) is 5.97 Å². The lowest BCUT2D eigenvalue weighted by Crippen LogP contribution is -2.29. The summed E-state index contributed by atoms with van der Waals surface area (Å²) in [7, 11) is 1.60. The zero-order valence-electron chi connectivity index (χ0n) is 17.4. The summed E-state index contributed by atoms with van der Waals surface area (Å²) in [5.41, 5.74) is 2.03. The maximum absolute atomic E-state index is 12.8. The average Bonchev–Trinajstić information content (AvgIpc) is 3.19. The molecule has 8 heteroatoms.